The number of rotatable bonds is 3. The van der Waals surface area contributed by atoms with Gasteiger partial charge < -0.3 is 4.90 Å². The smallest absolute Gasteiger partial charge is 0.293 e. The fraction of sp³-hybridized carbons (Fsp3) is 0.727. The van der Waals surface area contributed by atoms with Gasteiger partial charge in [-0.15, -0.1) is 5.10 Å². The standard InChI is InChI=1S/C22H32N6O/c1-4-6-18-7-5-8-19-17-10-16(12-27(18)19)11-26(13-17)21(29)20-24-22-23-14(2)9-15(3)28(22)25-20/h9,16-19H,4-8,10-13H2,1-3H3/t16-,17+,18-,19-/m0/s1. The first-order valence-corrected chi connectivity index (χ1v) is 11.3. The molecule has 3 aliphatic rings. The van der Waals surface area contributed by atoms with Crippen LogP contribution in [0.3, 0.4) is 0 Å². The van der Waals surface area contributed by atoms with E-state index in [2.05, 4.69) is 26.9 Å². The second-order valence-electron chi connectivity index (χ2n) is 9.40. The van der Waals surface area contributed by atoms with Crippen molar-refractivity contribution < 1.29 is 4.79 Å². The van der Waals surface area contributed by atoms with Gasteiger partial charge in [-0.3, -0.25) is 9.69 Å². The van der Waals surface area contributed by atoms with Crippen molar-refractivity contribution in [2.24, 2.45) is 11.8 Å². The van der Waals surface area contributed by atoms with Crippen LogP contribution in [0.15, 0.2) is 6.07 Å². The van der Waals surface area contributed by atoms with Crippen molar-refractivity contribution in [1.29, 1.82) is 0 Å². The minimum atomic E-state index is -0.0309. The molecule has 5 heterocycles. The summed E-state index contributed by atoms with van der Waals surface area (Å²) in [6.45, 7) is 9.04. The molecule has 3 aliphatic heterocycles. The van der Waals surface area contributed by atoms with E-state index < -0.39 is 0 Å². The quantitative estimate of drug-likeness (QED) is 0.798. The summed E-state index contributed by atoms with van der Waals surface area (Å²) >= 11 is 0. The fourth-order valence-electron chi connectivity index (χ4n) is 6.12. The first-order valence-electron chi connectivity index (χ1n) is 11.3. The molecule has 1 amide bonds. The molecule has 0 radical (unpaired) electrons. The van der Waals surface area contributed by atoms with Crippen molar-refractivity contribution in [2.45, 2.75) is 71.4 Å². The largest absolute Gasteiger partial charge is 0.335 e. The Labute approximate surface area is 172 Å². The van der Waals surface area contributed by atoms with Gasteiger partial charge in [0.2, 0.25) is 5.82 Å². The van der Waals surface area contributed by atoms with Gasteiger partial charge in [-0.05, 0) is 57.4 Å². The van der Waals surface area contributed by atoms with E-state index in [4.69, 9.17) is 0 Å². The highest BCUT2D eigenvalue weighted by molar-refractivity contribution is 5.91. The molecule has 2 bridgehead atoms. The van der Waals surface area contributed by atoms with Crippen LogP contribution in [-0.4, -0.2) is 67.0 Å². The molecule has 4 atom stereocenters. The van der Waals surface area contributed by atoms with Crippen LogP contribution in [0.5, 0.6) is 0 Å². The molecule has 7 nitrogen and oxygen atoms in total. The van der Waals surface area contributed by atoms with Gasteiger partial charge in [0.15, 0.2) is 0 Å². The zero-order valence-electron chi connectivity index (χ0n) is 17.8. The average Bonchev–Trinajstić information content (AvgIpc) is 3.12. The van der Waals surface area contributed by atoms with Crippen molar-refractivity contribution in [3.05, 3.63) is 23.3 Å². The van der Waals surface area contributed by atoms with E-state index in [-0.39, 0.29) is 11.7 Å². The minimum Gasteiger partial charge on any atom is -0.335 e. The number of amides is 1. The first-order chi connectivity index (χ1) is 14.0. The van der Waals surface area contributed by atoms with Gasteiger partial charge in [0, 0.05) is 43.1 Å². The highest BCUT2D eigenvalue weighted by atomic mass is 16.2. The third-order valence-electron chi connectivity index (χ3n) is 7.23. The lowest BCUT2D eigenvalue weighted by Gasteiger charge is -2.55. The highest BCUT2D eigenvalue weighted by Crippen LogP contribution is 2.40. The van der Waals surface area contributed by atoms with Crippen LogP contribution in [0.25, 0.3) is 5.78 Å². The van der Waals surface area contributed by atoms with Crippen molar-refractivity contribution >= 4 is 11.7 Å². The van der Waals surface area contributed by atoms with Gasteiger partial charge in [-0.25, -0.2) is 9.50 Å². The molecule has 0 aromatic carbocycles. The number of carbonyl (C=O) groups is 1. The predicted octanol–water partition coefficient (Wildman–Crippen LogP) is 2.86. The Hall–Kier alpha value is -2.02. The maximum Gasteiger partial charge on any atom is 0.293 e. The molecule has 0 N–H and O–H groups in total. The Morgan fingerprint density at radius 3 is 2.86 bits per heavy atom. The van der Waals surface area contributed by atoms with Gasteiger partial charge >= 0.3 is 0 Å². The summed E-state index contributed by atoms with van der Waals surface area (Å²) in [5.41, 5.74) is 1.85. The van der Waals surface area contributed by atoms with Crippen molar-refractivity contribution in [2.75, 3.05) is 19.6 Å². The molecular formula is C22H32N6O. The number of aryl methyl sites for hydroxylation is 2. The maximum atomic E-state index is 13.3. The molecule has 156 valence electrons. The van der Waals surface area contributed by atoms with Crippen LogP contribution in [0, 0.1) is 25.7 Å². The Bertz CT molecular complexity index is 921. The van der Waals surface area contributed by atoms with E-state index in [1.54, 1.807) is 4.52 Å². The van der Waals surface area contributed by atoms with Crippen LogP contribution >= 0.6 is 0 Å². The van der Waals surface area contributed by atoms with Crippen molar-refractivity contribution in [1.82, 2.24) is 29.4 Å². The lowest BCUT2D eigenvalue weighted by Crippen LogP contribution is -2.62. The summed E-state index contributed by atoms with van der Waals surface area (Å²) in [4.78, 5) is 27.0. The van der Waals surface area contributed by atoms with Crippen LogP contribution in [0.1, 0.15) is 67.5 Å². The van der Waals surface area contributed by atoms with Crippen LogP contribution in [-0.2, 0) is 0 Å². The number of likely N-dealkylation sites (tertiary alicyclic amines) is 1. The Kier molecular flexibility index (Phi) is 4.81. The van der Waals surface area contributed by atoms with Crippen LogP contribution in [0.4, 0.5) is 0 Å². The molecule has 0 saturated carbocycles. The molecule has 29 heavy (non-hydrogen) atoms. The number of hydrogen-bond acceptors (Lipinski definition) is 5. The third kappa shape index (κ3) is 3.33. The third-order valence-corrected chi connectivity index (χ3v) is 7.23. The molecule has 2 aromatic rings. The molecule has 2 aromatic heterocycles. The summed E-state index contributed by atoms with van der Waals surface area (Å²) in [5.74, 6) is 1.94. The normalized spacial score (nSPS) is 29.8. The van der Waals surface area contributed by atoms with E-state index >= 15 is 0 Å². The molecule has 5 rings (SSSR count). The lowest BCUT2D eigenvalue weighted by atomic mass is 9.74. The number of hydrogen-bond donors (Lipinski definition) is 0. The Morgan fingerprint density at radius 2 is 2.03 bits per heavy atom. The highest BCUT2D eigenvalue weighted by Gasteiger charge is 2.45. The summed E-state index contributed by atoms with van der Waals surface area (Å²) < 4.78 is 1.68. The van der Waals surface area contributed by atoms with E-state index in [9.17, 15) is 4.79 Å². The van der Waals surface area contributed by atoms with Gasteiger partial charge in [-0.1, -0.05) is 19.8 Å². The molecule has 0 spiro atoms. The average molecular weight is 397 g/mol. The lowest BCUT2D eigenvalue weighted by molar-refractivity contribution is -0.0520. The van der Waals surface area contributed by atoms with E-state index in [0.29, 0.717) is 23.7 Å². The van der Waals surface area contributed by atoms with Crippen LogP contribution < -0.4 is 0 Å². The molecule has 3 fully saturated rings. The second-order valence-corrected chi connectivity index (χ2v) is 9.40. The van der Waals surface area contributed by atoms with Gasteiger partial charge in [0.05, 0.1) is 0 Å². The zero-order chi connectivity index (χ0) is 20.1. The SMILES string of the molecule is CCC[C@H]1CCC[C@H]2[C@@H]3C[C@@H](CN(C(=O)c4nc5nc(C)cc(C)n5n4)C3)CN12. The topological polar surface area (TPSA) is 66.6 Å². The number of piperidine rings is 3. The zero-order valence-corrected chi connectivity index (χ0v) is 17.8. The molecule has 0 aliphatic carbocycles. The summed E-state index contributed by atoms with van der Waals surface area (Å²) in [6, 6.07) is 3.36. The van der Waals surface area contributed by atoms with Crippen LogP contribution in [0.2, 0.25) is 0 Å². The van der Waals surface area contributed by atoms with E-state index in [1.807, 2.05) is 24.8 Å². The first kappa shape index (κ1) is 19.0. The monoisotopic (exact) mass is 396 g/mol. The summed E-state index contributed by atoms with van der Waals surface area (Å²) in [7, 11) is 0. The summed E-state index contributed by atoms with van der Waals surface area (Å²) in [6.07, 6.45) is 7.81. The number of fused-ring (bicyclic) bond motifs is 5. The van der Waals surface area contributed by atoms with Gasteiger partial charge in [0.1, 0.15) is 0 Å². The predicted molar refractivity (Wildman–Crippen MR) is 111 cm³/mol. The number of nitrogens with zero attached hydrogens (tertiary/aromatic N) is 6. The van der Waals surface area contributed by atoms with Crippen molar-refractivity contribution in [3.63, 3.8) is 0 Å². The summed E-state index contributed by atoms with van der Waals surface area (Å²) in [5, 5.41) is 4.48. The Morgan fingerprint density at radius 1 is 1.17 bits per heavy atom. The van der Waals surface area contributed by atoms with Crippen molar-refractivity contribution in [3.8, 4) is 0 Å². The fourth-order valence-corrected chi connectivity index (χ4v) is 6.12. The van der Waals surface area contributed by atoms with E-state index in [0.717, 1.165) is 37.1 Å². The number of carbonyl (C=O) groups excluding carboxylic acids is 1. The molecule has 7 heteroatoms. The van der Waals surface area contributed by atoms with Gasteiger partial charge in [-0.2, -0.15) is 4.98 Å². The molecule has 0 unspecified atom stereocenters. The molecular weight excluding hydrogens is 364 g/mol. The Balaban J connectivity index is 1.36. The number of aromatic nitrogens is 4. The minimum absolute atomic E-state index is 0.0309. The second kappa shape index (κ2) is 7.35. The molecule has 3 saturated heterocycles. The maximum absolute atomic E-state index is 13.3. The van der Waals surface area contributed by atoms with Gasteiger partial charge in [0.25, 0.3) is 11.7 Å². The van der Waals surface area contributed by atoms with E-state index in [1.165, 1.54) is 38.5 Å².